The predicted molar refractivity (Wildman–Crippen MR) is 127 cm³/mol. The topological polar surface area (TPSA) is 73.7 Å². The van der Waals surface area contributed by atoms with Crippen LogP contribution in [0.2, 0.25) is 0 Å². The molecule has 0 aliphatic carbocycles. The van der Waals surface area contributed by atoms with Crippen molar-refractivity contribution in [3.8, 4) is 0 Å². The van der Waals surface area contributed by atoms with Crippen LogP contribution in [0.3, 0.4) is 0 Å². The quantitative estimate of drug-likeness (QED) is 0.230. The maximum atomic E-state index is 12.2. The lowest BCUT2D eigenvalue weighted by Gasteiger charge is -2.29. The summed E-state index contributed by atoms with van der Waals surface area (Å²) in [6, 6.07) is 9.93. The van der Waals surface area contributed by atoms with Gasteiger partial charge < -0.3 is 15.7 Å². The van der Waals surface area contributed by atoms with Gasteiger partial charge >= 0.3 is 0 Å². The molecule has 0 spiro atoms. The zero-order valence-corrected chi connectivity index (χ0v) is 20.0. The average Bonchev–Trinajstić information content (AvgIpc) is 2.66. The lowest BCUT2D eigenvalue weighted by atomic mass is 9.79. The van der Waals surface area contributed by atoms with Crippen LogP contribution in [-0.4, -0.2) is 47.3 Å². The van der Waals surface area contributed by atoms with Gasteiger partial charge in [0.1, 0.15) is 0 Å². The highest BCUT2D eigenvalue weighted by Crippen LogP contribution is 2.30. The standard InChI is InChI=1S/C20H35N3O2S.HI/c1-4-20(5-2,12-14-24)17-23-19(21-6-3)22-13-15-26(25)16-18-10-8-7-9-11-18;/h7-11,24H,4-6,12-17H2,1-3H3,(H2,21,22,23);1H. The SMILES string of the molecule is CCNC(=NCC(CC)(CC)CCO)NCCS(=O)Cc1ccccc1.I. The highest BCUT2D eigenvalue weighted by molar-refractivity contribution is 14.0. The first-order valence-corrected chi connectivity index (χ1v) is 11.1. The summed E-state index contributed by atoms with van der Waals surface area (Å²) < 4.78 is 12.2. The van der Waals surface area contributed by atoms with E-state index in [0.29, 0.717) is 24.6 Å². The maximum Gasteiger partial charge on any atom is 0.191 e. The Labute approximate surface area is 184 Å². The molecule has 1 atom stereocenters. The van der Waals surface area contributed by atoms with Crippen molar-refractivity contribution in [2.75, 3.05) is 32.0 Å². The molecule has 0 aliphatic heterocycles. The van der Waals surface area contributed by atoms with E-state index in [4.69, 9.17) is 4.99 Å². The molecule has 0 bridgehead atoms. The normalized spacial score (nSPS) is 13.0. The smallest absolute Gasteiger partial charge is 0.191 e. The third kappa shape index (κ3) is 10.4. The summed E-state index contributed by atoms with van der Waals surface area (Å²) in [5, 5.41) is 15.9. The Morgan fingerprint density at radius 2 is 1.81 bits per heavy atom. The second-order valence-electron chi connectivity index (χ2n) is 6.58. The number of aliphatic imine (C=N–C) groups is 1. The first-order chi connectivity index (χ1) is 12.6. The molecule has 0 saturated heterocycles. The molecule has 0 fully saturated rings. The van der Waals surface area contributed by atoms with Crippen LogP contribution >= 0.6 is 24.0 Å². The number of nitrogens with zero attached hydrogens (tertiary/aromatic N) is 1. The number of aliphatic hydroxyl groups is 1. The molecule has 5 nitrogen and oxygen atoms in total. The summed E-state index contributed by atoms with van der Waals surface area (Å²) >= 11 is 0. The van der Waals surface area contributed by atoms with E-state index in [1.807, 2.05) is 37.3 Å². The van der Waals surface area contributed by atoms with Gasteiger partial charge in [-0.05, 0) is 37.2 Å². The molecule has 3 N–H and O–H groups in total. The molecule has 0 aliphatic rings. The van der Waals surface area contributed by atoms with Gasteiger partial charge in [0.05, 0.1) is 0 Å². The van der Waals surface area contributed by atoms with Crippen LogP contribution in [0.4, 0.5) is 0 Å². The lowest BCUT2D eigenvalue weighted by molar-refractivity contribution is 0.175. The minimum atomic E-state index is -0.897. The molecule has 7 heteroatoms. The zero-order chi connectivity index (χ0) is 19.3. The predicted octanol–water partition coefficient (Wildman–Crippen LogP) is 3.30. The molecule has 0 radical (unpaired) electrons. The van der Waals surface area contributed by atoms with Crippen molar-refractivity contribution in [1.82, 2.24) is 10.6 Å². The van der Waals surface area contributed by atoms with Crippen LogP contribution in [-0.2, 0) is 16.6 Å². The minimum Gasteiger partial charge on any atom is -0.396 e. The third-order valence-electron chi connectivity index (χ3n) is 4.85. The van der Waals surface area contributed by atoms with Crippen LogP contribution in [0.25, 0.3) is 0 Å². The maximum absolute atomic E-state index is 12.2. The fourth-order valence-electron chi connectivity index (χ4n) is 2.85. The summed E-state index contributed by atoms with van der Waals surface area (Å²) in [7, 11) is -0.897. The van der Waals surface area contributed by atoms with Gasteiger partial charge in [0.25, 0.3) is 0 Å². The molecule has 0 aromatic heterocycles. The first-order valence-electron chi connectivity index (χ1n) is 9.61. The van der Waals surface area contributed by atoms with Crippen LogP contribution in [0.15, 0.2) is 35.3 Å². The monoisotopic (exact) mass is 509 g/mol. The van der Waals surface area contributed by atoms with Gasteiger partial charge in [0.15, 0.2) is 5.96 Å². The highest BCUT2D eigenvalue weighted by Gasteiger charge is 2.25. The van der Waals surface area contributed by atoms with Gasteiger partial charge in [-0.15, -0.1) is 24.0 Å². The van der Waals surface area contributed by atoms with Crippen molar-refractivity contribution in [3.63, 3.8) is 0 Å². The van der Waals surface area contributed by atoms with E-state index in [2.05, 4.69) is 24.5 Å². The fourth-order valence-corrected chi connectivity index (χ4v) is 3.89. The van der Waals surface area contributed by atoms with Gasteiger partial charge in [0.2, 0.25) is 0 Å². The van der Waals surface area contributed by atoms with Crippen LogP contribution in [0.1, 0.15) is 45.6 Å². The summed E-state index contributed by atoms with van der Waals surface area (Å²) in [6.45, 7) is 8.62. The van der Waals surface area contributed by atoms with Crippen LogP contribution < -0.4 is 10.6 Å². The molecule has 0 amide bonds. The summed E-state index contributed by atoms with van der Waals surface area (Å²) in [6.07, 6.45) is 2.76. The van der Waals surface area contributed by atoms with Gasteiger partial charge in [0, 0.05) is 48.5 Å². The van der Waals surface area contributed by atoms with Crippen molar-refractivity contribution in [2.45, 2.75) is 45.8 Å². The first kappa shape index (κ1) is 26.3. The van der Waals surface area contributed by atoms with E-state index < -0.39 is 10.8 Å². The Morgan fingerprint density at radius 1 is 1.15 bits per heavy atom. The third-order valence-corrected chi connectivity index (χ3v) is 6.17. The lowest BCUT2D eigenvalue weighted by Crippen LogP contribution is -2.40. The van der Waals surface area contributed by atoms with Crippen molar-refractivity contribution in [3.05, 3.63) is 35.9 Å². The number of benzene rings is 1. The molecule has 1 aromatic carbocycles. The molecule has 0 heterocycles. The second-order valence-corrected chi connectivity index (χ2v) is 8.15. The Morgan fingerprint density at radius 3 is 2.37 bits per heavy atom. The zero-order valence-electron chi connectivity index (χ0n) is 16.9. The number of guanidine groups is 1. The van der Waals surface area contributed by atoms with E-state index in [9.17, 15) is 9.32 Å². The Kier molecular flexibility index (Phi) is 14.9. The Balaban J connectivity index is 0.00000676. The number of nitrogens with one attached hydrogen (secondary N) is 2. The van der Waals surface area contributed by atoms with E-state index in [1.54, 1.807) is 0 Å². The summed E-state index contributed by atoms with van der Waals surface area (Å²) in [4.78, 5) is 4.71. The van der Waals surface area contributed by atoms with E-state index in [-0.39, 0.29) is 36.0 Å². The number of hydrogen-bond donors (Lipinski definition) is 3. The van der Waals surface area contributed by atoms with Gasteiger partial charge in [-0.25, -0.2) is 0 Å². The van der Waals surface area contributed by atoms with E-state index >= 15 is 0 Å². The van der Waals surface area contributed by atoms with Crippen molar-refractivity contribution in [2.24, 2.45) is 10.4 Å². The molecule has 1 aromatic rings. The van der Waals surface area contributed by atoms with Crippen molar-refractivity contribution < 1.29 is 9.32 Å². The molecule has 27 heavy (non-hydrogen) atoms. The highest BCUT2D eigenvalue weighted by atomic mass is 127. The largest absolute Gasteiger partial charge is 0.396 e. The van der Waals surface area contributed by atoms with Gasteiger partial charge in [-0.2, -0.15) is 0 Å². The Hall–Kier alpha value is -0.670. The number of aliphatic hydroxyl groups excluding tert-OH is 1. The fraction of sp³-hybridized carbons (Fsp3) is 0.650. The van der Waals surface area contributed by atoms with Crippen molar-refractivity contribution >= 4 is 40.7 Å². The van der Waals surface area contributed by atoms with Crippen molar-refractivity contribution in [1.29, 1.82) is 0 Å². The number of hydrogen-bond acceptors (Lipinski definition) is 3. The van der Waals surface area contributed by atoms with Crippen LogP contribution in [0, 0.1) is 5.41 Å². The molecule has 1 rings (SSSR count). The number of rotatable bonds is 12. The molecule has 156 valence electrons. The minimum absolute atomic E-state index is 0. The molecular weight excluding hydrogens is 473 g/mol. The van der Waals surface area contributed by atoms with E-state index in [1.165, 1.54) is 0 Å². The van der Waals surface area contributed by atoms with Gasteiger partial charge in [-0.1, -0.05) is 44.2 Å². The molecule has 0 saturated carbocycles. The second kappa shape index (κ2) is 15.3. The van der Waals surface area contributed by atoms with Gasteiger partial charge in [-0.3, -0.25) is 9.20 Å². The van der Waals surface area contributed by atoms with E-state index in [0.717, 1.165) is 37.3 Å². The summed E-state index contributed by atoms with van der Waals surface area (Å²) in [5.74, 6) is 1.93. The number of halogens is 1. The molecule has 1 unspecified atom stereocenters. The molecular formula is C20H36IN3O2S. The average molecular weight is 509 g/mol. The summed E-state index contributed by atoms with van der Waals surface area (Å²) in [5.41, 5.74) is 1.15. The van der Waals surface area contributed by atoms with Crippen LogP contribution in [0.5, 0.6) is 0 Å². The Bertz CT molecular complexity index is 551.